The number of allylic oxidation sites excluding steroid dienone is 1. The molecule has 0 aliphatic rings. The van der Waals surface area contributed by atoms with Crippen molar-refractivity contribution in [2.45, 2.75) is 13.8 Å². The number of hydrogen-bond donors (Lipinski definition) is 0. The molecule has 58 valence electrons. The van der Waals surface area contributed by atoms with Crippen LogP contribution in [0.4, 0.5) is 0 Å². The topological polar surface area (TPSA) is 56.8 Å². The predicted molar refractivity (Wildman–Crippen MR) is 40.1 cm³/mol. The maximum absolute atomic E-state index is 8.27. The molecule has 0 aromatic rings. The number of hydrogen-bond acceptors (Lipinski definition) is 3. The molecule has 0 aliphatic heterocycles. The summed E-state index contributed by atoms with van der Waals surface area (Å²) in [5.74, 6) is 0.407. The number of rotatable bonds is 3. The van der Waals surface area contributed by atoms with Crippen LogP contribution < -0.4 is 0 Å². The van der Waals surface area contributed by atoms with E-state index in [-0.39, 0.29) is 5.57 Å². The van der Waals surface area contributed by atoms with Gasteiger partial charge in [0.25, 0.3) is 0 Å². The molecule has 0 saturated heterocycles. The molecule has 0 fully saturated rings. The molecule has 0 saturated carbocycles. The summed E-state index contributed by atoms with van der Waals surface area (Å²) < 4.78 is 4.93. The summed E-state index contributed by atoms with van der Waals surface area (Å²) in [6.07, 6.45) is 1.19. The van der Waals surface area contributed by atoms with Crippen LogP contribution in [0.3, 0.4) is 0 Å². The van der Waals surface area contributed by atoms with Crippen molar-refractivity contribution in [3.8, 4) is 12.1 Å². The second-order valence-electron chi connectivity index (χ2n) is 2.48. The highest BCUT2D eigenvalue weighted by Gasteiger charge is 1.93. The molecule has 0 spiro atoms. The maximum Gasteiger partial charge on any atom is 0.163 e. The molecule has 0 rings (SSSR count). The van der Waals surface area contributed by atoms with Crippen molar-refractivity contribution in [1.82, 2.24) is 0 Å². The highest BCUT2D eigenvalue weighted by Crippen LogP contribution is 1.95. The Labute approximate surface area is 66.5 Å². The summed E-state index contributed by atoms with van der Waals surface area (Å²) in [6, 6.07) is 3.40. The van der Waals surface area contributed by atoms with E-state index in [1.807, 2.05) is 13.8 Å². The van der Waals surface area contributed by atoms with Gasteiger partial charge >= 0.3 is 0 Å². The van der Waals surface area contributed by atoms with Gasteiger partial charge in [0.2, 0.25) is 0 Å². The van der Waals surface area contributed by atoms with Gasteiger partial charge in [0.15, 0.2) is 5.57 Å². The Morgan fingerprint density at radius 2 is 2.00 bits per heavy atom. The summed E-state index contributed by atoms with van der Waals surface area (Å²) in [4.78, 5) is 0. The molecule has 0 radical (unpaired) electrons. The molecular formula is C8H10N2O. The number of nitriles is 2. The van der Waals surface area contributed by atoms with Gasteiger partial charge in [0, 0.05) is 0 Å². The summed E-state index contributed by atoms with van der Waals surface area (Å²) in [5.41, 5.74) is 0.00523. The fraction of sp³-hybridized carbons (Fsp3) is 0.500. The average molecular weight is 150 g/mol. The Balaban J connectivity index is 3.76. The third kappa shape index (κ3) is 4.99. The van der Waals surface area contributed by atoms with Gasteiger partial charge in [-0.2, -0.15) is 10.5 Å². The van der Waals surface area contributed by atoms with Crippen LogP contribution in [0, 0.1) is 28.6 Å². The first-order valence-corrected chi connectivity index (χ1v) is 3.32. The SMILES string of the molecule is CC(C)COC=C(C#N)C#N. The first-order valence-electron chi connectivity index (χ1n) is 3.32. The second-order valence-corrected chi connectivity index (χ2v) is 2.48. The van der Waals surface area contributed by atoms with Gasteiger partial charge in [0.05, 0.1) is 6.61 Å². The van der Waals surface area contributed by atoms with Gasteiger partial charge < -0.3 is 4.74 Å². The molecule has 0 aromatic heterocycles. The fourth-order valence-corrected chi connectivity index (χ4v) is 0.402. The van der Waals surface area contributed by atoms with Crippen LogP contribution in [0.25, 0.3) is 0 Å². The molecule has 0 atom stereocenters. The maximum atomic E-state index is 8.27. The Hall–Kier alpha value is -1.48. The molecule has 0 aromatic carbocycles. The molecule has 3 nitrogen and oxygen atoms in total. The van der Waals surface area contributed by atoms with E-state index in [2.05, 4.69) is 0 Å². The molecule has 0 aliphatic carbocycles. The third-order valence-electron chi connectivity index (χ3n) is 0.872. The van der Waals surface area contributed by atoms with Crippen LogP contribution >= 0.6 is 0 Å². The highest BCUT2D eigenvalue weighted by atomic mass is 16.5. The summed E-state index contributed by atoms with van der Waals surface area (Å²) >= 11 is 0. The summed E-state index contributed by atoms with van der Waals surface area (Å²) in [7, 11) is 0. The molecule has 11 heavy (non-hydrogen) atoms. The van der Waals surface area contributed by atoms with Crippen molar-refractivity contribution in [2.75, 3.05) is 6.61 Å². The first-order chi connectivity index (χ1) is 5.20. The van der Waals surface area contributed by atoms with Crippen LogP contribution in [0.1, 0.15) is 13.8 Å². The number of nitrogens with zero attached hydrogens (tertiary/aromatic N) is 2. The van der Waals surface area contributed by atoms with Gasteiger partial charge in [-0.05, 0) is 5.92 Å². The lowest BCUT2D eigenvalue weighted by molar-refractivity contribution is 0.210. The number of ether oxygens (including phenoxy) is 1. The standard InChI is InChI=1S/C8H10N2O/c1-7(2)5-11-6-8(3-9)4-10/h6-7H,5H2,1-2H3. The van der Waals surface area contributed by atoms with Crippen LogP contribution in [0.2, 0.25) is 0 Å². The zero-order valence-electron chi connectivity index (χ0n) is 6.66. The van der Waals surface area contributed by atoms with Crippen molar-refractivity contribution in [3.05, 3.63) is 11.8 Å². The lowest BCUT2D eigenvalue weighted by Crippen LogP contribution is -1.96. The second kappa shape index (κ2) is 5.32. The van der Waals surface area contributed by atoms with Crippen LogP contribution in [0.15, 0.2) is 11.8 Å². The van der Waals surface area contributed by atoms with E-state index in [0.717, 1.165) is 0 Å². The molecule has 0 bridgehead atoms. The lowest BCUT2D eigenvalue weighted by atomic mass is 10.2. The van der Waals surface area contributed by atoms with Crippen molar-refractivity contribution in [2.24, 2.45) is 5.92 Å². The van der Waals surface area contributed by atoms with Crippen molar-refractivity contribution < 1.29 is 4.74 Å². The minimum absolute atomic E-state index is 0.00523. The molecule has 0 amide bonds. The first kappa shape index (κ1) is 9.52. The summed E-state index contributed by atoms with van der Waals surface area (Å²) in [6.45, 7) is 4.52. The van der Waals surface area contributed by atoms with Gasteiger partial charge in [-0.3, -0.25) is 0 Å². The predicted octanol–water partition coefficient (Wildman–Crippen LogP) is 1.59. The van der Waals surface area contributed by atoms with E-state index in [9.17, 15) is 0 Å². The van der Waals surface area contributed by atoms with Crippen molar-refractivity contribution in [3.63, 3.8) is 0 Å². The van der Waals surface area contributed by atoms with Gasteiger partial charge in [0.1, 0.15) is 18.4 Å². The van der Waals surface area contributed by atoms with Crippen LogP contribution in [-0.4, -0.2) is 6.61 Å². The smallest absolute Gasteiger partial charge is 0.163 e. The molecular weight excluding hydrogens is 140 g/mol. The normalized spacial score (nSPS) is 8.09. The highest BCUT2D eigenvalue weighted by molar-refractivity contribution is 5.33. The van der Waals surface area contributed by atoms with Crippen molar-refractivity contribution >= 4 is 0 Å². The molecule has 3 heteroatoms. The van der Waals surface area contributed by atoms with E-state index >= 15 is 0 Å². The van der Waals surface area contributed by atoms with E-state index in [1.54, 1.807) is 12.1 Å². The minimum atomic E-state index is 0.00523. The summed E-state index contributed by atoms with van der Waals surface area (Å²) in [5, 5.41) is 16.5. The van der Waals surface area contributed by atoms with Crippen LogP contribution in [-0.2, 0) is 4.74 Å². The Kier molecular flexibility index (Phi) is 4.60. The quantitative estimate of drug-likeness (QED) is 0.453. The molecule has 0 N–H and O–H groups in total. The van der Waals surface area contributed by atoms with Gasteiger partial charge in [-0.15, -0.1) is 0 Å². The Morgan fingerprint density at radius 1 is 1.45 bits per heavy atom. The average Bonchev–Trinajstić information content (AvgIpc) is 1.98. The third-order valence-corrected chi connectivity index (χ3v) is 0.872. The largest absolute Gasteiger partial charge is 0.499 e. The Morgan fingerprint density at radius 3 is 2.36 bits per heavy atom. The molecule has 0 heterocycles. The van der Waals surface area contributed by atoms with Crippen molar-refractivity contribution in [1.29, 1.82) is 10.5 Å². The monoisotopic (exact) mass is 150 g/mol. The van der Waals surface area contributed by atoms with E-state index < -0.39 is 0 Å². The zero-order valence-corrected chi connectivity index (χ0v) is 6.66. The van der Waals surface area contributed by atoms with Gasteiger partial charge in [-0.25, -0.2) is 0 Å². The van der Waals surface area contributed by atoms with E-state index in [4.69, 9.17) is 15.3 Å². The van der Waals surface area contributed by atoms with Gasteiger partial charge in [-0.1, -0.05) is 13.8 Å². The van der Waals surface area contributed by atoms with E-state index in [1.165, 1.54) is 6.26 Å². The lowest BCUT2D eigenvalue weighted by Gasteiger charge is -2.01. The fourth-order valence-electron chi connectivity index (χ4n) is 0.402. The molecule has 0 unspecified atom stereocenters. The van der Waals surface area contributed by atoms with Crippen LogP contribution in [0.5, 0.6) is 0 Å². The van der Waals surface area contributed by atoms with E-state index in [0.29, 0.717) is 12.5 Å². The Bertz CT molecular complexity index is 201. The zero-order chi connectivity index (χ0) is 8.69. The minimum Gasteiger partial charge on any atom is -0.499 e.